The predicted octanol–water partition coefficient (Wildman–Crippen LogP) is 5.88. The van der Waals surface area contributed by atoms with Gasteiger partial charge >= 0.3 is 0 Å². The first-order valence-electron chi connectivity index (χ1n) is 16.2. The van der Waals surface area contributed by atoms with E-state index >= 15 is 0 Å². The normalized spacial score (nSPS) is 50.1. The van der Waals surface area contributed by atoms with Crippen LogP contribution in [0.25, 0.3) is 0 Å². The molecule has 0 saturated carbocycles. The fraction of sp³-hybridized carbons (Fsp3) is 0.970. The third-order valence-corrected chi connectivity index (χ3v) is 11.9. The van der Waals surface area contributed by atoms with Crippen molar-refractivity contribution in [3.8, 4) is 0 Å². The van der Waals surface area contributed by atoms with E-state index in [1.165, 1.54) is 0 Å². The van der Waals surface area contributed by atoms with E-state index in [9.17, 15) is 15.0 Å². The molecule has 4 aliphatic rings. The summed E-state index contributed by atoms with van der Waals surface area (Å²) in [6.07, 6.45) is 3.08. The van der Waals surface area contributed by atoms with E-state index in [0.29, 0.717) is 12.8 Å². The van der Waals surface area contributed by atoms with Crippen LogP contribution in [0.5, 0.6) is 0 Å². The Hall–Kier alpha value is -0.570. The average molecular weight is 567 g/mol. The van der Waals surface area contributed by atoms with Crippen LogP contribution in [-0.4, -0.2) is 63.2 Å². The lowest BCUT2D eigenvalue weighted by Crippen LogP contribution is -2.57. The van der Waals surface area contributed by atoms with Gasteiger partial charge in [0.15, 0.2) is 5.79 Å². The van der Waals surface area contributed by atoms with Gasteiger partial charge in [0.25, 0.3) is 0 Å². The molecular formula is C33H58O7. The first kappa shape index (κ1) is 32.3. The Kier molecular flexibility index (Phi) is 9.03. The lowest BCUT2D eigenvalue weighted by molar-refractivity contribution is -0.306. The van der Waals surface area contributed by atoms with Gasteiger partial charge in [-0.2, -0.15) is 0 Å². The number of fused-ring (bicyclic) bond motifs is 2. The molecule has 0 aromatic heterocycles. The molecule has 2 N–H and O–H groups in total. The van der Waals surface area contributed by atoms with Crippen molar-refractivity contribution in [2.24, 2.45) is 41.4 Å². The van der Waals surface area contributed by atoms with Crippen molar-refractivity contribution in [3.63, 3.8) is 0 Å². The molecule has 7 heteroatoms. The Morgan fingerprint density at radius 1 is 0.900 bits per heavy atom. The first-order valence-corrected chi connectivity index (χ1v) is 16.2. The standard InChI is InChI=1S/C33H58O7/c1-12-25(27(35)22(8)26(34)23(9)28-18(4)15-20(6)32(36,14-3)39-28)29-19(5)16-30(11,38-29)33-21(7)17-31(13-2,40-33)24(10)37-33/h18-26,28-29,34,36H,12-17H2,1-11H3/t18-,19-,20+,21?,22-,23-,24-,25-,26+,28-,29-,30-,31+,32-,33?/m0/s1. The fourth-order valence-corrected chi connectivity index (χ4v) is 9.16. The quantitative estimate of drug-likeness (QED) is 0.341. The SMILES string of the molecule is CC[C@@H](C(=O)[C@@H](C)[C@@H](O)[C@H](C)[C@H]1O[C@@](O)(CC)[C@H](C)C[C@@H]1C)[C@H]1O[C@](C)(C23O[C@@H](C)[C@@](CC)(CC2C)O3)C[C@@H]1C. The van der Waals surface area contributed by atoms with E-state index < -0.39 is 29.2 Å². The van der Waals surface area contributed by atoms with Crippen LogP contribution in [-0.2, 0) is 23.7 Å². The third-order valence-electron chi connectivity index (χ3n) is 11.9. The maximum atomic E-state index is 14.1. The molecule has 0 aliphatic carbocycles. The van der Waals surface area contributed by atoms with Crippen LogP contribution in [0, 0.1) is 41.4 Å². The van der Waals surface area contributed by atoms with Crippen LogP contribution in [0.15, 0.2) is 0 Å². The van der Waals surface area contributed by atoms with Gasteiger partial charge in [0.1, 0.15) is 11.4 Å². The second kappa shape index (κ2) is 11.2. The number of aliphatic hydroxyl groups excluding tert-OH is 1. The molecule has 40 heavy (non-hydrogen) atoms. The highest BCUT2D eigenvalue weighted by Gasteiger charge is 2.73. The molecule has 0 aromatic rings. The largest absolute Gasteiger partial charge is 0.392 e. The summed E-state index contributed by atoms with van der Waals surface area (Å²) in [6.45, 7) is 22.6. The van der Waals surface area contributed by atoms with Gasteiger partial charge in [0.05, 0.1) is 30.0 Å². The monoisotopic (exact) mass is 566 g/mol. The molecule has 4 aliphatic heterocycles. The first-order chi connectivity index (χ1) is 18.5. The summed E-state index contributed by atoms with van der Waals surface area (Å²) in [7, 11) is 0. The molecule has 15 atom stereocenters. The van der Waals surface area contributed by atoms with Gasteiger partial charge in [-0.25, -0.2) is 0 Å². The predicted molar refractivity (Wildman–Crippen MR) is 154 cm³/mol. The molecule has 4 saturated heterocycles. The maximum Gasteiger partial charge on any atom is 0.201 e. The number of Topliss-reactive ketones (excluding diaryl/α,β-unsaturated/α-hetero) is 1. The molecule has 4 heterocycles. The van der Waals surface area contributed by atoms with E-state index in [0.717, 1.165) is 25.7 Å². The van der Waals surface area contributed by atoms with Crippen molar-refractivity contribution in [2.75, 3.05) is 0 Å². The van der Waals surface area contributed by atoms with Crippen LogP contribution in [0.3, 0.4) is 0 Å². The number of hydrogen-bond acceptors (Lipinski definition) is 7. The highest BCUT2D eigenvalue weighted by Crippen LogP contribution is 2.62. The van der Waals surface area contributed by atoms with Gasteiger partial charge in [0, 0.05) is 29.6 Å². The van der Waals surface area contributed by atoms with Crippen molar-refractivity contribution in [1.82, 2.24) is 0 Å². The Labute approximate surface area is 243 Å². The second-order valence-corrected chi connectivity index (χ2v) is 14.5. The molecule has 7 nitrogen and oxygen atoms in total. The molecule has 2 unspecified atom stereocenters. The minimum absolute atomic E-state index is 0.00138. The summed E-state index contributed by atoms with van der Waals surface area (Å²) >= 11 is 0. The minimum atomic E-state index is -1.20. The smallest absolute Gasteiger partial charge is 0.201 e. The molecule has 0 aromatic carbocycles. The molecular weight excluding hydrogens is 508 g/mol. The number of aliphatic hydroxyl groups is 2. The van der Waals surface area contributed by atoms with E-state index in [1.54, 1.807) is 0 Å². The molecule has 0 radical (unpaired) electrons. The lowest BCUT2D eigenvalue weighted by Gasteiger charge is -2.48. The Morgan fingerprint density at radius 3 is 2.10 bits per heavy atom. The Balaban J connectivity index is 1.50. The lowest BCUT2D eigenvalue weighted by atomic mass is 9.73. The highest BCUT2D eigenvalue weighted by atomic mass is 16.8. The molecule has 232 valence electrons. The minimum Gasteiger partial charge on any atom is -0.392 e. The zero-order valence-electron chi connectivity index (χ0n) is 27.0. The average Bonchev–Trinajstić information content (AvgIpc) is 3.51. The second-order valence-electron chi connectivity index (χ2n) is 14.5. The number of rotatable bonds is 10. The number of ether oxygens (including phenoxy) is 4. The van der Waals surface area contributed by atoms with Crippen LogP contribution in [0.1, 0.15) is 115 Å². The van der Waals surface area contributed by atoms with Crippen molar-refractivity contribution in [3.05, 3.63) is 0 Å². The highest BCUT2D eigenvalue weighted by molar-refractivity contribution is 5.84. The topological polar surface area (TPSA) is 94.5 Å². The molecule has 2 bridgehead atoms. The summed E-state index contributed by atoms with van der Waals surface area (Å²) in [5.41, 5.74) is -0.935. The van der Waals surface area contributed by atoms with Crippen molar-refractivity contribution in [1.29, 1.82) is 0 Å². The zero-order valence-corrected chi connectivity index (χ0v) is 27.0. The van der Waals surface area contributed by atoms with E-state index in [1.807, 2.05) is 34.6 Å². The van der Waals surface area contributed by atoms with E-state index in [4.69, 9.17) is 18.9 Å². The number of hydrogen-bond donors (Lipinski definition) is 2. The van der Waals surface area contributed by atoms with Gasteiger partial charge in [0.2, 0.25) is 5.79 Å². The number of ketones is 1. The zero-order chi connectivity index (χ0) is 30.0. The van der Waals surface area contributed by atoms with Crippen LogP contribution < -0.4 is 0 Å². The third kappa shape index (κ3) is 4.83. The van der Waals surface area contributed by atoms with Gasteiger partial charge in [-0.05, 0) is 64.2 Å². The molecule has 4 rings (SSSR count). The van der Waals surface area contributed by atoms with Crippen LogP contribution in [0.2, 0.25) is 0 Å². The molecule has 0 amide bonds. The van der Waals surface area contributed by atoms with Crippen molar-refractivity contribution < 1.29 is 34.0 Å². The summed E-state index contributed by atoms with van der Waals surface area (Å²) in [6, 6.07) is 0. The summed E-state index contributed by atoms with van der Waals surface area (Å²) in [5.74, 6) is -2.67. The Morgan fingerprint density at radius 2 is 1.55 bits per heavy atom. The van der Waals surface area contributed by atoms with Gasteiger partial charge in [-0.3, -0.25) is 4.79 Å². The number of carbonyl (C=O) groups excluding carboxylic acids is 1. The van der Waals surface area contributed by atoms with Gasteiger partial charge in [-0.1, -0.05) is 62.3 Å². The Bertz CT molecular complexity index is 926. The summed E-state index contributed by atoms with van der Waals surface area (Å²) < 4.78 is 26.6. The number of carbonyl (C=O) groups is 1. The molecule has 0 spiro atoms. The maximum absolute atomic E-state index is 14.1. The molecule has 4 fully saturated rings. The van der Waals surface area contributed by atoms with Crippen molar-refractivity contribution >= 4 is 5.78 Å². The van der Waals surface area contributed by atoms with Crippen molar-refractivity contribution in [2.45, 2.75) is 162 Å². The van der Waals surface area contributed by atoms with E-state index in [-0.39, 0.29) is 65.2 Å². The van der Waals surface area contributed by atoms with Gasteiger partial charge in [-0.15, -0.1) is 0 Å². The van der Waals surface area contributed by atoms with Crippen LogP contribution >= 0.6 is 0 Å². The summed E-state index contributed by atoms with van der Waals surface area (Å²) in [5, 5.41) is 22.6. The van der Waals surface area contributed by atoms with Crippen LogP contribution in [0.4, 0.5) is 0 Å². The van der Waals surface area contributed by atoms with Gasteiger partial charge < -0.3 is 29.2 Å². The van der Waals surface area contributed by atoms with E-state index in [2.05, 4.69) is 41.5 Å². The summed E-state index contributed by atoms with van der Waals surface area (Å²) in [4.78, 5) is 14.1. The fourth-order valence-electron chi connectivity index (χ4n) is 9.16.